The summed E-state index contributed by atoms with van der Waals surface area (Å²) in [6.45, 7) is 18.1. The Morgan fingerprint density at radius 3 is 0.562 bits per heavy atom. The minimum Gasteiger partial charge on any atom is -0.663 e. The van der Waals surface area contributed by atoms with Gasteiger partial charge in [0, 0.05) is 0 Å². The number of nitrogens with zero attached hydrogens (tertiary/aromatic N) is 3. The molecule has 0 unspecified atom stereocenters. The first-order valence-corrected chi connectivity index (χ1v) is 6.14. The van der Waals surface area contributed by atoms with E-state index in [1.54, 1.807) is 0 Å². The van der Waals surface area contributed by atoms with E-state index in [0.717, 1.165) is 39.3 Å². The van der Waals surface area contributed by atoms with Gasteiger partial charge in [-0.15, -0.1) is 0 Å². The molecule has 0 aliphatic rings. The van der Waals surface area contributed by atoms with Crippen LogP contribution in [0.3, 0.4) is 0 Å². The van der Waals surface area contributed by atoms with Crippen molar-refractivity contribution in [3.63, 3.8) is 0 Å². The normalized spacial score (nSPS) is 7.88. The van der Waals surface area contributed by atoms with Crippen LogP contribution in [0.25, 0.3) is 16.0 Å². The van der Waals surface area contributed by atoms with E-state index in [4.69, 9.17) is 0 Å². The second-order valence-electron chi connectivity index (χ2n) is 2.57. The molecule has 0 radical (unpaired) electrons. The van der Waals surface area contributed by atoms with Crippen LogP contribution >= 0.6 is 0 Å². The van der Waals surface area contributed by atoms with Gasteiger partial charge in [0.2, 0.25) is 0 Å². The summed E-state index contributed by atoms with van der Waals surface area (Å²) in [7, 11) is 0. The van der Waals surface area contributed by atoms with E-state index in [0.29, 0.717) is 0 Å². The second kappa shape index (κ2) is 36.1. The van der Waals surface area contributed by atoms with Crippen LogP contribution in [-0.2, 0) is 17.1 Å². The van der Waals surface area contributed by atoms with Gasteiger partial charge in [-0.3, -0.25) is 0 Å². The molecule has 0 saturated heterocycles. The minimum absolute atomic E-state index is 0. The van der Waals surface area contributed by atoms with Crippen LogP contribution in [0.5, 0.6) is 0 Å². The molecular weight excluding hydrogens is 241 g/mol. The first kappa shape index (κ1) is 25.3. The first-order valence-electron chi connectivity index (χ1n) is 6.14. The van der Waals surface area contributed by atoms with E-state index in [1.807, 2.05) is 41.5 Å². The van der Waals surface area contributed by atoms with Crippen molar-refractivity contribution in [2.45, 2.75) is 41.5 Å². The Morgan fingerprint density at radius 2 is 0.562 bits per heavy atom. The van der Waals surface area contributed by atoms with Crippen LogP contribution in [-0.4, -0.2) is 39.3 Å². The zero-order chi connectivity index (χ0) is 12.4. The van der Waals surface area contributed by atoms with Gasteiger partial charge in [-0.05, 0) is 0 Å². The van der Waals surface area contributed by atoms with Gasteiger partial charge in [-0.25, -0.2) is 0 Å². The molecule has 0 bridgehead atoms. The summed E-state index contributed by atoms with van der Waals surface area (Å²) in [5.74, 6) is 0. The Bertz CT molecular complexity index is 53.0. The van der Waals surface area contributed by atoms with Crippen molar-refractivity contribution >= 4 is 0 Å². The smallest absolute Gasteiger partial charge is 0.663 e. The third-order valence-corrected chi connectivity index (χ3v) is 1.34. The Hall–Kier alpha value is 0.399. The summed E-state index contributed by atoms with van der Waals surface area (Å²) in [6.07, 6.45) is 0. The number of hydrogen-bond acceptors (Lipinski definition) is 0. The largest absolute Gasteiger partial charge is 3.00 e. The Kier molecular flexibility index (Phi) is 57.1. The molecule has 0 aromatic carbocycles. The third kappa shape index (κ3) is 63.1. The van der Waals surface area contributed by atoms with Crippen molar-refractivity contribution in [3.05, 3.63) is 16.0 Å². The minimum atomic E-state index is 0. The van der Waals surface area contributed by atoms with Crippen molar-refractivity contribution in [2.75, 3.05) is 39.3 Å². The standard InChI is InChI=1S/3C4H10N.Mn/c3*1-3-5-4-2;/h3*3-4H2,1-2H3;/q3*-1;+3. The molecule has 3 nitrogen and oxygen atoms in total. The van der Waals surface area contributed by atoms with E-state index in [-0.39, 0.29) is 17.1 Å². The summed E-state index contributed by atoms with van der Waals surface area (Å²) >= 11 is 0. The Balaban J connectivity index is -0.0000000655. The van der Waals surface area contributed by atoms with Gasteiger partial charge in [0.1, 0.15) is 0 Å². The first-order chi connectivity index (χ1) is 7.24. The average molecular weight is 271 g/mol. The van der Waals surface area contributed by atoms with Gasteiger partial charge in [-0.2, -0.15) is 39.3 Å². The van der Waals surface area contributed by atoms with E-state index in [2.05, 4.69) is 16.0 Å². The van der Waals surface area contributed by atoms with Crippen molar-refractivity contribution in [3.8, 4) is 0 Å². The monoisotopic (exact) mass is 271 g/mol. The maximum Gasteiger partial charge on any atom is 3.00 e. The fourth-order valence-electron chi connectivity index (χ4n) is 0.671. The summed E-state index contributed by atoms with van der Waals surface area (Å²) in [5.41, 5.74) is 0. The summed E-state index contributed by atoms with van der Waals surface area (Å²) < 4.78 is 0. The van der Waals surface area contributed by atoms with E-state index in [9.17, 15) is 0 Å². The molecule has 0 N–H and O–H groups in total. The maximum absolute atomic E-state index is 3.97. The van der Waals surface area contributed by atoms with Crippen molar-refractivity contribution in [1.29, 1.82) is 0 Å². The molecule has 0 amide bonds. The molecule has 4 heteroatoms. The maximum atomic E-state index is 3.97. The molecular formula is C12H30MnN3. The number of rotatable bonds is 6. The second-order valence-corrected chi connectivity index (χ2v) is 2.57. The molecule has 0 saturated carbocycles. The third-order valence-electron chi connectivity index (χ3n) is 1.34. The quantitative estimate of drug-likeness (QED) is 0.650. The predicted octanol–water partition coefficient (Wildman–Crippen LogP) is 4.20. The SMILES string of the molecule is CC[N-]CC.CC[N-]CC.CC[N-]CC.[Mn+3]. The summed E-state index contributed by atoms with van der Waals surface area (Å²) in [5, 5.41) is 11.9. The summed E-state index contributed by atoms with van der Waals surface area (Å²) in [4.78, 5) is 0. The van der Waals surface area contributed by atoms with Crippen LogP contribution in [0.2, 0.25) is 0 Å². The molecule has 100 valence electrons. The van der Waals surface area contributed by atoms with Crippen LogP contribution in [0.4, 0.5) is 0 Å². The van der Waals surface area contributed by atoms with Crippen LogP contribution in [0.15, 0.2) is 0 Å². The molecule has 0 heterocycles. The molecule has 0 atom stereocenters. The fraction of sp³-hybridized carbons (Fsp3) is 1.00. The zero-order valence-corrected chi connectivity index (χ0v) is 13.1. The molecule has 0 aliphatic carbocycles. The van der Waals surface area contributed by atoms with Gasteiger partial charge >= 0.3 is 17.1 Å². The van der Waals surface area contributed by atoms with Crippen LogP contribution in [0.1, 0.15) is 41.5 Å². The van der Waals surface area contributed by atoms with E-state index >= 15 is 0 Å². The fourth-order valence-corrected chi connectivity index (χ4v) is 0.671. The molecule has 0 spiro atoms. The molecule has 0 aromatic heterocycles. The van der Waals surface area contributed by atoms with Crippen molar-refractivity contribution in [2.24, 2.45) is 0 Å². The number of hydrogen-bond donors (Lipinski definition) is 0. The van der Waals surface area contributed by atoms with E-state index < -0.39 is 0 Å². The van der Waals surface area contributed by atoms with Gasteiger partial charge < -0.3 is 16.0 Å². The predicted molar refractivity (Wildman–Crippen MR) is 73.3 cm³/mol. The molecule has 0 rings (SSSR count). The topological polar surface area (TPSA) is 42.3 Å². The molecule has 16 heavy (non-hydrogen) atoms. The summed E-state index contributed by atoms with van der Waals surface area (Å²) in [6, 6.07) is 0. The van der Waals surface area contributed by atoms with E-state index in [1.165, 1.54) is 0 Å². The van der Waals surface area contributed by atoms with Gasteiger partial charge in [0.15, 0.2) is 0 Å². The molecule has 0 aromatic rings. The average Bonchev–Trinajstić information content (AvgIpc) is 2.23. The molecule has 0 fully saturated rings. The Labute approximate surface area is 114 Å². The van der Waals surface area contributed by atoms with Gasteiger partial charge in [0.25, 0.3) is 0 Å². The van der Waals surface area contributed by atoms with Crippen molar-refractivity contribution < 1.29 is 17.1 Å². The van der Waals surface area contributed by atoms with Gasteiger partial charge in [-0.1, -0.05) is 41.5 Å². The molecule has 0 aliphatic heterocycles. The Morgan fingerprint density at radius 1 is 0.438 bits per heavy atom. The van der Waals surface area contributed by atoms with Crippen LogP contribution < -0.4 is 0 Å². The van der Waals surface area contributed by atoms with Gasteiger partial charge in [0.05, 0.1) is 0 Å². The zero-order valence-electron chi connectivity index (χ0n) is 12.0. The van der Waals surface area contributed by atoms with Crippen molar-refractivity contribution in [1.82, 2.24) is 0 Å². The van der Waals surface area contributed by atoms with Crippen LogP contribution in [0, 0.1) is 0 Å².